The van der Waals surface area contributed by atoms with Gasteiger partial charge in [-0.25, -0.2) is 28.0 Å². The van der Waals surface area contributed by atoms with Gasteiger partial charge in [0.1, 0.15) is 28.5 Å². The molecule has 2 aliphatic heterocycles. The summed E-state index contributed by atoms with van der Waals surface area (Å²) in [7, 11) is 0. The molecule has 0 radical (unpaired) electrons. The van der Waals surface area contributed by atoms with Crippen molar-refractivity contribution in [2.24, 2.45) is 0 Å². The lowest BCUT2D eigenvalue weighted by Crippen LogP contribution is -2.41. The number of ether oxygens (including phenoxy) is 1. The Kier molecular flexibility index (Phi) is 8.48. The fourth-order valence-electron chi connectivity index (χ4n) is 10.2. The third kappa shape index (κ3) is 5.76. The van der Waals surface area contributed by atoms with Gasteiger partial charge in [-0.3, -0.25) is 28.1 Å². The van der Waals surface area contributed by atoms with E-state index in [1.54, 1.807) is 53.9 Å². The van der Waals surface area contributed by atoms with Crippen LogP contribution in [0.5, 0.6) is 0 Å². The number of hydrogen-bond acceptors (Lipinski definition) is 9. The predicted octanol–water partition coefficient (Wildman–Crippen LogP) is 6.61. The Morgan fingerprint density at radius 3 is 2.42 bits per heavy atom. The van der Waals surface area contributed by atoms with Crippen LogP contribution in [-0.2, 0) is 16.7 Å². The van der Waals surface area contributed by atoms with Crippen molar-refractivity contribution < 1.29 is 22.8 Å². The highest BCUT2D eigenvalue weighted by Gasteiger charge is 2.53. The molecule has 1 saturated heterocycles. The number of amides is 1. The van der Waals surface area contributed by atoms with E-state index in [2.05, 4.69) is 21.3 Å². The first-order valence-electron chi connectivity index (χ1n) is 21.8. The van der Waals surface area contributed by atoms with Gasteiger partial charge in [0.15, 0.2) is 11.6 Å². The number of benzene rings is 2. The number of halogens is 2. The van der Waals surface area contributed by atoms with Gasteiger partial charge in [-0.05, 0) is 118 Å². The summed E-state index contributed by atoms with van der Waals surface area (Å²) in [6.07, 6.45) is 11.7. The first-order chi connectivity index (χ1) is 31.0. The molecule has 16 nitrogen and oxygen atoms in total. The number of hydrogen-bond donors (Lipinski definition) is 1. The zero-order chi connectivity index (χ0) is 43.8. The number of aryl methyl sites for hydroxylation is 2. The summed E-state index contributed by atoms with van der Waals surface area (Å²) in [5, 5.41) is 14.7. The monoisotopic (exact) mass is 867 g/mol. The average Bonchev–Trinajstić information content (AvgIpc) is 4.00. The third-order valence-corrected chi connectivity index (χ3v) is 13.8. The standard InChI is InChI=1S/C46H43F2N11O5/c1-24-18-31(19-25(2)38(24)47)59-41(56-15-14-55(45(56)62)35-7-6-34-32(39(35)48)23-50-58(34)30-4-5-30)37-26(3)54(13-8-33(37)52-59)42(60)36-21-28-20-29(27-9-16-63-17-10-27)22-49-40(28)57(36)46(11-12-46)43-51-44(61)64-53-43/h6-7,14-15,18-23,26-27,30H,4-5,8-13,16-17H2,1-3H3,(H,51,53,61). The first-order valence-corrected chi connectivity index (χ1v) is 21.8. The van der Waals surface area contributed by atoms with E-state index < -0.39 is 28.8 Å². The first kappa shape index (κ1) is 38.7. The van der Waals surface area contributed by atoms with Crippen molar-refractivity contribution >= 4 is 27.8 Å². The molecule has 2 aromatic carbocycles. The van der Waals surface area contributed by atoms with Crippen LogP contribution in [0.3, 0.4) is 0 Å². The van der Waals surface area contributed by atoms with Gasteiger partial charge in [0, 0.05) is 55.7 Å². The molecule has 4 aliphatic rings. The topological polar surface area (TPSA) is 169 Å². The molecule has 2 saturated carbocycles. The molecule has 64 heavy (non-hydrogen) atoms. The Labute approximate surface area is 362 Å². The normalized spacial score (nSPS) is 18.6. The van der Waals surface area contributed by atoms with Crippen LogP contribution < -0.4 is 11.4 Å². The van der Waals surface area contributed by atoms with E-state index in [9.17, 15) is 9.59 Å². The fourth-order valence-corrected chi connectivity index (χ4v) is 10.2. The van der Waals surface area contributed by atoms with Gasteiger partial charge >= 0.3 is 11.4 Å². The maximum atomic E-state index is 16.4. The zero-order valence-corrected chi connectivity index (χ0v) is 35.3. The summed E-state index contributed by atoms with van der Waals surface area (Å²) in [6.45, 7) is 6.87. The minimum atomic E-state index is -0.865. The van der Waals surface area contributed by atoms with Crippen molar-refractivity contribution in [3.05, 3.63) is 133 Å². The Morgan fingerprint density at radius 1 is 0.938 bits per heavy atom. The summed E-state index contributed by atoms with van der Waals surface area (Å²) in [5.41, 5.74) is 3.91. The zero-order valence-electron chi connectivity index (χ0n) is 35.3. The molecule has 1 amide bonds. The van der Waals surface area contributed by atoms with Crippen molar-refractivity contribution in [1.82, 2.24) is 53.3 Å². The van der Waals surface area contributed by atoms with Crippen LogP contribution >= 0.6 is 0 Å². The number of rotatable bonds is 8. The highest BCUT2D eigenvalue weighted by atomic mass is 19.1. The second-order valence-corrected chi connectivity index (χ2v) is 17.8. The minimum Gasteiger partial charge on any atom is -0.381 e. The van der Waals surface area contributed by atoms with Gasteiger partial charge in [0.2, 0.25) is 0 Å². The molecule has 2 aliphatic carbocycles. The number of imidazole rings is 1. The van der Waals surface area contributed by atoms with Gasteiger partial charge < -0.3 is 14.2 Å². The van der Waals surface area contributed by atoms with E-state index in [0.29, 0.717) is 94.4 Å². The number of nitrogens with zero attached hydrogens (tertiary/aromatic N) is 10. The van der Waals surface area contributed by atoms with Gasteiger partial charge in [-0.2, -0.15) is 10.2 Å². The number of H-pyrrole nitrogens is 1. The van der Waals surface area contributed by atoms with E-state index in [-0.39, 0.29) is 35.9 Å². The predicted molar refractivity (Wildman–Crippen MR) is 229 cm³/mol. The van der Waals surface area contributed by atoms with Crippen molar-refractivity contribution in [1.29, 1.82) is 0 Å². The van der Waals surface area contributed by atoms with Gasteiger partial charge in [0.05, 0.1) is 46.3 Å². The van der Waals surface area contributed by atoms with Crippen molar-refractivity contribution in [2.75, 3.05) is 19.8 Å². The van der Waals surface area contributed by atoms with Crippen LogP contribution in [0.15, 0.2) is 75.3 Å². The second-order valence-electron chi connectivity index (χ2n) is 17.8. The fraction of sp³-hybridized carbons (Fsp3) is 0.370. The van der Waals surface area contributed by atoms with E-state index in [0.717, 1.165) is 36.6 Å². The molecule has 326 valence electrons. The number of carbonyl (C=O) groups excluding carboxylic acids is 1. The lowest BCUT2D eigenvalue weighted by molar-refractivity contribution is 0.0663. The molecule has 1 atom stereocenters. The smallest absolute Gasteiger partial charge is 0.381 e. The molecule has 8 heterocycles. The van der Waals surface area contributed by atoms with Crippen molar-refractivity contribution in [3.8, 4) is 17.2 Å². The maximum Gasteiger partial charge on any atom is 0.438 e. The molecule has 8 aromatic rings. The van der Waals surface area contributed by atoms with Gasteiger partial charge in [-0.1, -0.05) is 5.16 Å². The maximum absolute atomic E-state index is 16.4. The summed E-state index contributed by atoms with van der Waals surface area (Å²) < 4.78 is 50.1. The number of aromatic amines is 1. The Balaban J connectivity index is 0.992. The molecule has 18 heteroatoms. The molecule has 3 fully saturated rings. The summed E-state index contributed by atoms with van der Waals surface area (Å²) in [4.78, 5) is 51.8. The highest BCUT2D eigenvalue weighted by molar-refractivity contribution is 5.99. The average molecular weight is 868 g/mol. The minimum absolute atomic E-state index is 0.0636. The Hall–Kier alpha value is -6.95. The molecule has 6 aromatic heterocycles. The number of fused-ring (bicyclic) bond motifs is 3. The molecule has 1 N–H and O–H groups in total. The van der Waals surface area contributed by atoms with Gasteiger partial charge in [-0.15, -0.1) is 0 Å². The van der Waals surface area contributed by atoms with Crippen LogP contribution in [-0.4, -0.2) is 79.0 Å². The number of pyridine rings is 1. The van der Waals surface area contributed by atoms with Gasteiger partial charge in [0.25, 0.3) is 5.91 Å². The van der Waals surface area contributed by atoms with Crippen LogP contribution in [0, 0.1) is 25.5 Å². The van der Waals surface area contributed by atoms with Crippen molar-refractivity contribution in [2.45, 2.75) is 89.3 Å². The summed E-state index contributed by atoms with van der Waals surface area (Å²) in [6, 6.07) is 10.3. The molecule has 0 bridgehead atoms. The molecule has 0 spiro atoms. The van der Waals surface area contributed by atoms with Crippen LogP contribution in [0.4, 0.5) is 8.78 Å². The molecular formula is C46H43F2N11O5. The van der Waals surface area contributed by atoms with Crippen LogP contribution in [0.1, 0.15) is 108 Å². The second kappa shape index (κ2) is 14.0. The molecular weight excluding hydrogens is 825 g/mol. The highest BCUT2D eigenvalue weighted by Crippen LogP contribution is 2.51. The van der Waals surface area contributed by atoms with Crippen LogP contribution in [0.2, 0.25) is 0 Å². The summed E-state index contributed by atoms with van der Waals surface area (Å²) in [5.74, 6) is -0.965. The lowest BCUT2D eigenvalue weighted by atomic mass is 9.92. The van der Waals surface area contributed by atoms with E-state index in [4.69, 9.17) is 19.3 Å². The van der Waals surface area contributed by atoms with E-state index in [1.165, 1.54) is 21.5 Å². The number of nitrogens with one attached hydrogen (secondary N) is 1. The summed E-state index contributed by atoms with van der Waals surface area (Å²) >= 11 is 0. The quantitative estimate of drug-likeness (QED) is 0.177. The Bertz CT molecular complexity index is 3330. The van der Waals surface area contributed by atoms with Crippen LogP contribution in [0.25, 0.3) is 39.1 Å². The molecule has 12 rings (SSSR count). The van der Waals surface area contributed by atoms with E-state index >= 15 is 13.6 Å². The van der Waals surface area contributed by atoms with E-state index in [1.807, 2.05) is 28.4 Å². The van der Waals surface area contributed by atoms with Crippen molar-refractivity contribution in [3.63, 3.8) is 0 Å². The Morgan fingerprint density at radius 2 is 1.70 bits per heavy atom. The number of carbonyl (C=O) groups is 1. The third-order valence-electron chi connectivity index (χ3n) is 13.8. The number of aromatic nitrogens is 10. The SMILES string of the molecule is Cc1cc(-n2nc3c(c2-n2ccn(-c4ccc5c(cnn5C5CC5)c4F)c2=O)C(C)N(C(=O)c2cc4cc(C5CCOCC5)cnc4n2C2(c4noc(=O)[nH]4)CC2)CC3)cc(C)c1F. The largest absolute Gasteiger partial charge is 0.438 e. The lowest BCUT2D eigenvalue weighted by Gasteiger charge is -2.34. The molecule has 1 unspecified atom stereocenters.